The van der Waals surface area contributed by atoms with Gasteiger partial charge in [0.15, 0.2) is 10.9 Å². The van der Waals surface area contributed by atoms with E-state index in [2.05, 4.69) is 31.2 Å². The molecule has 2 aliphatic rings. The SMILES string of the molecule is O=C1CCN(c2nccnc2OC2CC(Nc3nc4ccccc4s3)C2)CC1. The fourth-order valence-corrected chi connectivity index (χ4v) is 4.57. The number of fused-ring (bicyclic) bond motifs is 1. The van der Waals surface area contributed by atoms with E-state index in [4.69, 9.17) is 4.74 Å². The van der Waals surface area contributed by atoms with Crippen LogP contribution in [0.1, 0.15) is 25.7 Å². The maximum Gasteiger partial charge on any atom is 0.257 e. The molecule has 1 aromatic carbocycles. The van der Waals surface area contributed by atoms with Crippen LogP contribution in [0.25, 0.3) is 10.2 Å². The Labute approximate surface area is 166 Å². The molecule has 0 spiro atoms. The number of nitrogens with one attached hydrogen (secondary N) is 1. The molecule has 3 aromatic rings. The topological polar surface area (TPSA) is 80.2 Å². The van der Waals surface area contributed by atoms with E-state index in [1.807, 2.05) is 18.2 Å². The number of piperidine rings is 1. The molecule has 3 heterocycles. The maximum absolute atomic E-state index is 11.5. The van der Waals surface area contributed by atoms with Crippen LogP contribution in [0, 0.1) is 0 Å². The number of ether oxygens (including phenoxy) is 1. The van der Waals surface area contributed by atoms with E-state index in [0.29, 0.717) is 43.6 Å². The molecule has 7 nitrogen and oxygen atoms in total. The minimum Gasteiger partial charge on any atom is -0.472 e. The largest absolute Gasteiger partial charge is 0.472 e. The van der Waals surface area contributed by atoms with Gasteiger partial charge in [0.2, 0.25) is 0 Å². The van der Waals surface area contributed by atoms with E-state index in [9.17, 15) is 4.79 Å². The summed E-state index contributed by atoms with van der Waals surface area (Å²) in [4.78, 5) is 27.1. The van der Waals surface area contributed by atoms with Gasteiger partial charge in [0.05, 0.1) is 10.2 Å². The number of hydrogen-bond acceptors (Lipinski definition) is 8. The van der Waals surface area contributed by atoms with E-state index in [-0.39, 0.29) is 6.10 Å². The monoisotopic (exact) mass is 395 g/mol. The molecule has 0 atom stereocenters. The highest BCUT2D eigenvalue weighted by atomic mass is 32.1. The van der Waals surface area contributed by atoms with Crippen molar-refractivity contribution in [3.8, 4) is 5.88 Å². The fraction of sp³-hybridized carbons (Fsp3) is 0.400. The molecular formula is C20H21N5O2S. The van der Waals surface area contributed by atoms with Gasteiger partial charge < -0.3 is 15.0 Å². The molecule has 0 radical (unpaired) electrons. The summed E-state index contributed by atoms with van der Waals surface area (Å²) < 4.78 is 7.33. The molecular weight excluding hydrogens is 374 g/mol. The van der Waals surface area contributed by atoms with E-state index in [1.54, 1.807) is 23.7 Å². The van der Waals surface area contributed by atoms with Crippen molar-refractivity contribution in [1.82, 2.24) is 15.0 Å². The van der Waals surface area contributed by atoms with Gasteiger partial charge in [0.25, 0.3) is 5.88 Å². The van der Waals surface area contributed by atoms with E-state index in [0.717, 1.165) is 29.3 Å². The first-order valence-corrected chi connectivity index (χ1v) is 10.4. The van der Waals surface area contributed by atoms with Crippen LogP contribution >= 0.6 is 11.3 Å². The number of thiazole rings is 1. The number of aromatic nitrogens is 3. The molecule has 2 fully saturated rings. The van der Waals surface area contributed by atoms with Crippen molar-refractivity contribution >= 4 is 38.3 Å². The second kappa shape index (κ2) is 7.35. The minimum absolute atomic E-state index is 0.119. The number of para-hydroxylation sites is 1. The summed E-state index contributed by atoms with van der Waals surface area (Å²) in [6.45, 7) is 1.36. The Morgan fingerprint density at radius 3 is 2.71 bits per heavy atom. The molecule has 28 heavy (non-hydrogen) atoms. The lowest BCUT2D eigenvalue weighted by Crippen LogP contribution is -2.43. The third kappa shape index (κ3) is 3.52. The molecule has 144 valence electrons. The third-order valence-electron chi connectivity index (χ3n) is 5.26. The zero-order valence-corrected chi connectivity index (χ0v) is 16.2. The minimum atomic E-state index is 0.119. The predicted molar refractivity (Wildman–Crippen MR) is 109 cm³/mol. The van der Waals surface area contributed by atoms with E-state index in [1.165, 1.54) is 4.70 Å². The third-order valence-corrected chi connectivity index (χ3v) is 6.23. The van der Waals surface area contributed by atoms with Crippen LogP contribution in [0.4, 0.5) is 10.9 Å². The van der Waals surface area contributed by atoms with Gasteiger partial charge in [-0.1, -0.05) is 23.5 Å². The first kappa shape index (κ1) is 17.4. The van der Waals surface area contributed by atoms with Crippen molar-refractivity contribution in [2.45, 2.75) is 37.8 Å². The lowest BCUT2D eigenvalue weighted by molar-refractivity contribution is -0.119. The molecule has 1 N–H and O–H groups in total. The smallest absolute Gasteiger partial charge is 0.257 e. The van der Waals surface area contributed by atoms with Crippen LogP contribution in [0.5, 0.6) is 5.88 Å². The van der Waals surface area contributed by atoms with Gasteiger partial charge in [-0.25, -0.2) is 15.0 Å². The average Bonchev–Trinajstić information content (AvgIpc) is 3.10. The van der Waals surface area contributed by atoms with Gasteiger partial charge in [0.1, 0.15) is 11.9 Å². The van der Waals surface area contributed by atoms with Gasteiger partial charge in [-0.05, 0) is 12.1 Å². The van der Waals surface area contributed by atoms with Crippen molar-refractivity contribution in [3.63, 3.8) is 0 Å². The Hall–Kier alpha value is -2.74. The number of carbonyl (C=O) groups is 1. The Morgan fingerprint density at radius 2 is 1.89 bits per heavy atom. The number of anilines is 2. The van der Waals surface area contributed by atoms with Gasteiger partial charge in [-0.3, -0.25) is 4.79 Å². The standard InChI is InChI=1S/C20H21N5O2S/c26-14-5-9-25(10-6-14)18-19(22-8-7-21-18)27-15-11-13(12-15)23-20-24-16-3-1-2-4-17(16)28-20/h1-4,7-8,13,15H,5-6,9-12H2,(H,23,24). The molecule has 0 unspecified atom stereocenters. The summed E-state index contributed by atoms with van der Waals surface area (Å²) >= 11 is 1.68. The van der Waals surface area contributed by atoms with Crippen molar-refractivity contribution in [1.29, 1.82) is 0 Å². The molecule has 8 heteroatoms. The van der Waals surface area contributed by atoms with Crippen LogP contribution in [-0.2, 0) is 4.79 Å². The Bertz CT molecular complexity index is 958. The van der Waals surface area contributed by atoms with Crippen molar-refractivity contribution in [2.24, 2.45) is 0 Å². The number of benzene rings is 1. The van der Waals surface area contributed by atoms with Crippen LogP contribution in [0.15, 0.2) is 36.7 Å². The van der Waals surface area contributed by atoms with Crippen molar-refractivity contribution < 1.29 is 9.53 Å². The normalized spacial score (nSPS) is 22.1. The highest BCUT2D eigenvalue weighted by Crippen LogP contribution is 2.34. The van der Waals surface area contributed by atoms with Crippen molar-refractivity contribution in [3.05, 3.63) is 36.7 Å². The summed E-state index contributed by atoms with van der Waals surface area (Å²) in [7, 11) is 0. The van der Waals surface area contributed by atoms with Crippen LogP contribution in [0.2, 0.25) is 0 Å². The number of rotatable bonds is 5. The quantitative estimate of drug-likeness (QED) is 0.710. The van der Waals surface area contributed by atoms with E-state index < -0.39 is 0 Å². The Morgan fingerprint density at radius 1 is 1.11 bits per heavy atom. The summed E-state index contributed by atoms with van der Waals surface area (Å²) in [6.07, 6.45) is 6.39. The zero-order valence-electron chi connectivity index (χ0n) is 15.4. The van der Waals surface area contributed by atoms with Gasteiger partial charge in [-0.2, -0.15) is 0 Å². The van der Waals surface area contributed by atoms with Gasteiger partial charge >= 0.3 is 0 Å². The van der Waals surface area contributed by atoms with Gasteiger partial charge in [0, 0.05) is 57.2 Å². The van der Waals surface area contributed by atoms with Crippen LogP contribution < -0.4 is 15.0 Å². The molecule has 0 amide bonds. The number of hydrogen-bond donors (Lipinski definition) is 1. The van der Waals surface area contributed by atoms with Crippen molar-refractivity contribution in [2.75, 3.05) is 23.3 Å². The second-order valence-electron chi connectivity index (χ2n) is 7.25. The molecule has 2 aromatic heterocycles. The molecule has 5 rings (SSSR count). The Kier molecular flexibility index (Phi) is 4.56. The predicted octanol–water partition coefficient (Wildman–Crippen LogP) is 3.28. The van der Waals surface area contributed by atoms with Crippen LogP contribution in [0.3, 0.4) is 0 Å². The number of nitrogens with zero attached hydrogens (tertiary/aromatic N) is 4. The second-order valence-corrected chi connectivity index (χ2v) is 8.28. The number of Topliss-reactive ketones (excluding diaryl/α,β-unsaturated/α-hetero) is 1. The number of ketones is 1. The number of carbonyl (C=O) groups excluding carboxylic acids is 1. The molecule has 1 aliphatic carbocycles. The molecule has 1 saturated carbocycles. The average molecular weight is 395 g/mol. The fourth-order valence-electron chi connectivity index (χ4n) is 3.63. The highest BCUT2D eigenvalue weighted by Gasteiger charge is 2.33. The zero-order chi connectivity index (χ0) is 18.9. The summed E-state index contributed by atoms with van der Waals surface area (Å²) in [5, 5.41) is 4.47. The lowest BCUT2D eigenvalue weighted by atomic mass is 9.89. The maximum atomic E-state index is 11.5. The molecule has 1 aliphatic heterocycles. The van der Waals surface area contributed by atoms with Gasteiger partial charge in [-0.15, -0.1) is 0 Å². The molecule has 0 bridgehead atoms. The Balaban J connectivity index is 1.19. The van der Waals surface area contributed by atoms with Crippen LogP contribution in [-0.4, -0.2) is 46.0 Å². The summed E-state index contributed by atoms with van der Waals surface area (Å²) in [5.74, 6) is 1.63. The first-order valence-electron chi connectivity index (χ1n) is 9.61. The molecule has 1 saturated heterocycles. The summed E-state index contributed by atoms with van der Waals surface area (Å²) in [5.41, 5.74) is 1.03. The summed E-state index contributed by atoms with van der Waals surface area (Å²) in [6, 6.07) is 8.53. The highest BCUT2D eigenvalue weighted by molar-refractivity contribution is 7.22. The lowest BCUT2D eigenvalue weighted by Gasteiger charge is -2.36. The van der Waals surface area contributed by atoms with E-state index >= 15 is 0 Å². The first-order chi connectivity index (χ1) is 13.7.